The van der Waals surface area contributed by atoms with Crippen LogP contribution in [0.1, 0.15) is 18.1 Å². The molecule has 120 valence electrons. The molecule has 0 bridgehead atoms. The summed E-state index contributed by atoms with van der Waals surface area (Å²) < 4.78 is 5.88. The average Bonchev–Trinajstić information content (AvgIpc) is 2.55. The van der Waals surface area contributed by atoms with Gasteiger partial charge < -0.3 is 10.1 Å². The maximum Gasteiger partial charge on any atom is 0.223 e. The van der Waals surface area contributed by atoms with Crippen LogP contribution in [-0.2, 0) is 6.61 Å². The van der Waals surface area contributed by atoms with Crippen LogP contribution >= 0.6 is 23.8 Å². The molecule has 0 amide bonds. The fourth-order valence-electron chi connectivity index (χ4n) is 1.89. The maximum atomic E-state index is 6.15. The summed E-state index contributed by atoms with van der Waals surface area (Å²) in [7, 11) is 0. The Bertz CT molecular complexity index is 691. The van der Waals surface area contributed by atoms with E-state index >= 15 is 0 Å². The van der Waals surface area contributed by atoms with Crippen LogP contribution in [0.15, 0.2) is 48.5 Å². The highest BCUT2D eigenvalue weighted by molar-refractivity contribution is 7.80. The first-order chi connectivity index (χ1) is 11.2. The molecule has 0 radical (unpaired) electrons. The Morgan fingerprint density at radius 2 is 1.96 bits per heavy atom. The molecule has 0 unspecified atom stereocenters. The second-order valence-corrected chi connectivity index (χ2v) is 5.51. The number of hydrogen-bond acceptors (Lipinski definition) is 2. The summed E-state index contributed by atoms with van der Waals surface area (Å²) in [5.41, 5.74) is 4.74. The summed E-state index contributed by atoms with van der Waals surface area (Å²) in [4.78, 5) is 0. The largest absolute Gasteiger partial charge is 0.488 e. The van der Waals surface area contributed by atoms with Crippen molar-refractivity contribution in [2.75, 3.05) is 6.54 Å². The van der Waals surface area contributed by atoms with Crippen LogP contribution in [-0.4, -0.2) is 17.9 Å². The molecule has 2 aromatic carbocycles. The third-order valence-electron chi connectivity index (χ3n) is 3.01. The first kappa shape index (κ1) is 17.2. The molecule has 0 heterocycles. The summed E-state index contributed by atoms with van der Waals surface area (Å²) in [5, 5.41) is 7.18. The van der Waals surface area contributed by atoms with Gasteiger partial charge in [-0.25, -0.2) is 0 Å². The Morgan fingerprint density at radius 3 is 2.74 bits per heavy atom. The molecule has 3 N–H and O–H groups in total. The molecule has 0 fully saturated rings. The van der Waals surface area contributed by atoms with Crippen molar-refractivity contribution in [1.82, 2.24) is 10.7 Å². The Hall–Kier alpha value is -2.11. The lowest BCUT2D eigenvalue weighted by atomic mass is 10.2. The van der Waals surface area contributed by atoms with Crippen LogP contribution < -0.4 is 20.6 Å². The number of hydrazone groups is 1. The van der Waals surface area contributed by atoms with E-state index in [1.807, 2.05) is 55.5 Å². The predicted octanol–water partition coefficient (Wildman–Crippen LogP) is 1.82. The number of hydrogen-bond donors (Lipinski definition) is 3. The normalized spacial score (nSPS) is 10.5. The van der Waals surface area contributed by atoms with Gasteiger partial charge in [-0.3, -0.25) is 0 Å². The standard InChI is InChI=1S/C17H18ClN3OS/c1-2-19-17(23)21-20-11-13-7-4-6-10-16(13)22-12-14-8-3-5-9-15(14)18/h3-11H,2,12H2,1H3,(H2,19,21,23)/p+1. The maximum absolute atomic E-state index is 6.15. The molecule has 0 aliphatic rings. The summed E-state index contributed by atoms with van der Waals surface area (Å²) in [6.45, 7) is 3.16. The first-order valence-electron chi connectivity index (χ1n) is 7.28. The lowest BCUT2D eigenvalue weighted by Gasteiger charge is -2.09. The highest BCUT2D eigenvalue weighted by Crippen LogP contribution is 2.20. The molecule has 0 saturated heterocycles. The van der Waals surface area contributed by atoms with Crippen LogP contribution in [0.4, 0.5) is 0 Å². The molecule has 0 saturated carbocycles. The zero-order chi connectivity index (χ0) is 16.5. The van der Waals surface area contributed by atoms with Crippen molar-refractivity contribution in [3.05, 3.63) is 64.7 Å². The number of benzene rings is 2. The van der Waals surface area contributed by atoms with E-state index in [9.17, 15) is 0 Å². The van der Waals surface area contributed by atoms with Crippen molar-refractivity contribution in [1.29, 1.82) is 0 Å². The van der Waals surface area contributed by atoms with E-state index in [0.717, 1.165) is 23.4 Å². The van der Waals surface area contributed by atoms with Gasteiger partial charge in [0.2, 0.25) is 11.3 Å². The van der Waals surface area contributed by atoms with Gasteiger partial charge in [0.15, 0.2) is 0 Å². The van der Waals surface area contributed by atoms with Crippen LogP contribution in [0.2, 0.25) is 5.02 Å². The van der Waals surface area contributed by atoms with E-state index in [1.54, 1.807) is 6.21 Å². The third-order valence-corrected chi connectivity index (χ3v) is 3.63. The monoisotopic (exact) mass is 348 g/mol. The lowest BCUT2D eigenvalue weighted by molar-refractivity contribution is -0.500. The molecule has 0 aromatic heterocycles. The van der Waals surface area contributed by atoms with Crippen molar-refractivity contribution in [3.63, 3.8) is 0 Å². The summed E-state index contributed by atoms with van der Waals surface area (Å²) in [6.07, 6.45) is 1.80. The van der Waals surface area contributed by atoms with Gasteiger partial charge in [-0.2, -0.15) is 0 Å². The first-order valence-corrected chi connectivity index (χ1v) is 8.07. The van der Waals surface area contributed by atoms with Crippen molar-refractivity contribution < 1.29 is 9.84 Å². The second-order valence-electron chi connectivity index (χ2n) is 4.69. The van der Waals surface area contributed by atoms with Gasteiger partial charge in [-0.05, 0) is 37.3 Å². The Balaban J connectivity index is 2.01. The molecule has 6 heteroatoms. The smallest absolute Gasteiger partial charge is 0.223 e. The minimum atomic E-state index is 0.410. The number of ether oxygens (including phenoxy) is 1. The number of hydrazine groups is 1. The number of para-hydroxylation sites is 1. The van der Waals surface area contributed by atoms with Gasteiger partial charge in [0.25, 0.3) is 0 Å². The van der Waals surface area contributed by atoms with E-state index in [2.05, 4.69) is 15.8 Å². The molecular weight excluding hydrogens is 330 g/mol. The van der Waals surface area contributed by atoms with Gasteiger partial charge >= 0.3 is 0 Å². The number of thiocarbonyl (C=S) groups is 1. The fraction of sp³-hybridized carbons (Fsp3) is 0.176. The summed E-state index contributed by atoms with van der Waals surface area (Å²) >= 11 is 11.2. The number of rotatable bonds is 6. The van der Waals surface area contributed by atoms with E-state index in [0.29, 0.717) is 16.7 Å². The predicted molar refractivity (Wildman–Crippen MR) is 97.8 cm³/mol. The van der Waals surface area contributed by atoms with Gasteiger partial charge in [-0.15, -0.1) is 10.5 Å². The van der Waals surface area contributed by atoms with Gasteiger partial charge in [0.05, 0.1) is 5.56 Å². The Kier molecular flexibility index (Phi) is 6.84. The molecule has 23 heavy (non-hydrogen) atoms. The van der Waals surface area contributed by atoms with Crippen LogP contribution in [0, 0.1) is 0 Å². The highest BCUT2D eigenvalue weighted by atomic mass is 35.5. The average molecular weight is 349 g/mol. The third kappa shape index (κ3) is 5.54. The Morgan fingerprint density at radius 1 is 1.22 bits per heavy atom. The number of nitrogens with one attached hydrogen (secondary N) is 3. The van der Waals surface area contributed by atoms with E-state index in [4.69, 9.17) is 28.6 Å². The lowest BCUT2D eigenvalue weighted by Crippen LogP contribution is -2.82. The summed E-state index contributed by atoms with van der Waals surface area (Å²) in [6, 6.07) is 15.4. The van der Waals surface area contributed by atoms with E-state index < -0.39 is 0 Å². The van der Waals surface area contributed by atoms with Gasteiger partial charge in [0, 0.05) is 17.1 Å². The van der Waals surface area contributed by atoms with Crippen molar-refractivity contribution in [2.45, 2.75) is 13.5 Å². The molecule has 4 nitrogen and oxygen atoms in total. The topological polar surface area (TPSA) is 47.3 Å². The quantitative estimate of drug-likeness (QED) is 0.423. The van der Waals surface area contributed by atoms with E-state index in [1.165, 1.54) is 0 Å². The minimum absolute atomic E-state index is 0.410. The van der Waals surface area contributed by atoms with Gasteiger partial charge in [0.1, 0.15) is 12.4 Å². The van der Waals surface area contributed by atoms with Crippen molar-refractivity contribution in [3.8, 4) is 5.75 Å². The van der Waals surface area contributed by atoms with Crippen molar-refractivity contribution in [2.24, 2.45) is 0 Å². The van der Waals surface area contributed by atoms with Crippen LogP contribution in [0.5, 0.6) is 5.75 Å². The SMILES string of the molecule is CCNC(=S)N[NH+]=Cc1ccccc1OCc1ccccc1Cl. The molecule has 2 rings (SSSR count). The van der Waals surface area contributed by atoms with Crippen LogP contribution in [0.3, 0.4) is 0 Å². The van der Waals surface area contributed by atoms with Crippen LogP contribution in [0.25, 0.3) is 0 Å². The Labute approximate surface area is 146 Å². The summed E-state index contributed by atoms with van der Waals surface area (Å²) in [5.74, 6) is 0.760. The fourth-order valence-corrected chi connectivity index (χ4v) is 2.28. The minimum Gasteiger partial charge on any atom is -0.488 e. The molecule has 0 aliphatic heterocycles. The van der Waals surface area contributed by atoms with Gasteiger partial charge in [-0.1, -0.05) is 41.9 Å². The molecule has 0 atom stereocenters. The van der Waals surface area contributed by atoms with Crippen molar-refractivity contribution >= 4 is 35.1 Å². The molecule has 0 aliphatic carbocycles. The molecule has 0 spiro atoms. The second kappa shape index (κ2) is 9.12. The van der Waals surface area contributed by atoms with E-state index in [-0.39, 0.29) is 0 Å². The zero-order valence-corrected chi connectivity index (χ0v) is 14.4. The highest BCUT2D eigenvalue weighted by Gasteiger charge is 2.05. The number of halogens is 1. The zero-order valence-electron chi connectivity index (χ0n) is 12.8. The molecule has 2 aromatic rings. The molecular formula is C17H19ClN3OS+.